The zero-order valence-electron chi connectivity index (χ0n) is 7.60. The van der Waals surface area contributed by atoms with Crippen LogP contribution in [0.3, 0.4) is 0 Å². The van der Waals surface area contributed by atoms with Gasteiger partial charge in [0.1, 0.15) is 0 Å². The van der Waals surface area contributed by atoms with Crippen molar-refractivity contribution in [2.45, 2.75) is 32.1 Å². The predicted molar refractivity (Wildman–Crippen MR) is 62.7 cm³/mol. The normalized spacial score (nSPS) is 21.5. The first-order valence-electron chi connectivity index (χ1n) is 4.90. The van der Waals surface area contributed by atoms with E-state index in [9.17, 15) is 0 Å². The predicted octanol–water partition coefficient (Wildman–Crippen LogP) is 3.67. The fourth-order valence-corrected chi connectivity index (χ4v) is 6.23. The molecule has 0 aromatic heterocycles. The summed E-state index contributed by atoms with van der Waals surface area (Å²) < 4.78 is 0. The van der Waals surface area contributed by atoms with Crippen LogP contribution in [-0.4, -0.2) is 24.4 Å². The molecule has 1 saturated heterocycles. The molecule has 0 nitrogen and oxygen atoms in total. The molecule has 1 aliphatic heterocycles. The van der Waals surface area contributed by atoms with Gasteiger partial charge in [0.25, 0.3) is 0 Å². The Balaban J connectivity index is 2.05. The van der Waals surface area contributed by atoms with Gasteiger partial charge in [0.05, 0.1) is 0 Å². The summed E-state index contributed by atoms with van der Waals surface area (Å²) in [6.07, 6.45) is 10.8. The molecule has 0 atom stereocenters. The second-order valence-electron chi connectivity index (χ2n) is 3.69. The van der Waals surface area contributed by atoms with Gasteiger partial charge in [-0.1, -0.05) is 0 Å². The van der Waals surface area contributed by atoms with E-state index in [4.69, 9.17) is 23.8 Å². The Bertz CT molecular complexity index is 124. The van der Waals surface area contributed by atoms with Crippen molar-refractivity contribution in [2.24, 2.45) is 0 Å². The van der Waals surface area contributed by atoms with Crippen molar-refractivity contribution < 1.29 is 0 Å². The van der Waals surface area contributed by atoms with Crippen molar-refractivity contribution in [3.63, 3.8) is 0 Å². The maximum absolute atomic E-state index is 5.69. The molecule has 0 radical (unpaired) electrons. The van der Waals surface area contributed by atoms with Crippen molar-refractivity contribution in [1.29, 1.82) is 0 Å². The van der Waals surface area contributed by atoms with Gasteiger partial charge in [-0.25, -0.2) is 0 Å². The monoisotopic (exact) mass is 224 g/mol. The minimum Gasteiger partial charge on any atom is -0.556 e. The molecule has 0 spiro atoms. The highest BCUT2D eigenvalue weighted by molar-refractivity contribution is 8.42. The van der Waals surface area contributed by atoms with Crippen molar-refractivity contribution in [1.82, 2.24) is 0 Å². The van der Waals surface area contributed by atoms with Crippen LogP contribution in [0.2, 0.25) is 0 Å². The van der Waals surface area contributed by atoms with E-state index in [0.717, 1.165) is 5.88 Å². The zero-order chi connectivity index (χ0) is 8.86. The van der Waals surface area contributed by atoms with Crippen molar-refractivity contribution >= 4 is 30.3 Å². The number of rotatable bonds is 5. The van der Waals surface area contributed by atoms with Gasteiger partial charge in [0, 0.05) is 24.4 Å². The SMILES string of the molecule is [S-][P+]1(CCCCCCl)CCCC1. The van der Waals surface area contributed by atoms with E-state index in [1.54, 1.807) is 0 Å². The lowest BCUT2D eigenvalue weighted by molar-refractivity contribution is 0.779. The lowest BCUT2D eigenvalue weighted by atomic mass is 10.3. The zero-order valence-corrected chi connectivity index (χ0v) is 10.1. The summed E-state index contributed by atoms with van der Waals surface area (Å²) in [6.45, 7) is -0.820. The second kappa shape index (κ2) is 5.73. The van der Waals surface area contributed by atoms with Gasteiger partial charge in [-0.15, -0.1) is 18.1 Å². The maximum atomic E-state index is 5.69. The van der Waals surface area contributed by atoms with E-state index in [1.807, 2.05) is 0 Å². The molecule has 3 heteroatoms. The van der Waals surface area contributed by atoms with Gasteiger partial charge < -0.3 is 12.2 Å². The highest BCUT2D eigenvalue weighted by Gasteiger charge is 2.26. The number of hydrogen-bond acceptors (Lipinski definition) is 1. The second-order valence-corrected chi connectivity index (χ2v) is 9.85. The van der Waals surface area contributed by atoms with E-state index < -0.39 is 6.46 Å². The van der Waals surface area contributed by atoms with E-state index in [-0.39, 0.29) is 0 Å². The first-order chi connectivity index (χ1) is 5.77. The summed E-state index contributed by atoms with van der Waals surface area (Å²) in [5.74, 6) is 0.822. The highest BCUT2D eigenvalue weighted by Crippen LogP contribution is 2.62. The van der Waals surface area contributed by atoms with Crippen LogP contribution in [0.1, 0.15) is 32.1 Å². The molecule has 1 fully saturated rings. The topological polar surface area (TPSA) is 0 Å². The largest absolute Gasteiger partial charge is 0.556 e. The molecule has 0 aromatic rings. The Morgan fingerprint density at radius 1 is 1.08 bits per heavy atom. The van der Waals surface area contributed by atoms with Crippen molar-refractivity contribution in [3.8, 4) is 0 Å². The van der Waals surface area contributed by atoms with Crippen LogP contribution in [0.25, 0.3) is 0 Å². The van der Waals surface area contributed by atoms with E-state index >= 15 is 0 Å². The fourth-order valence-electron chi connectivity index (χ4n) is 1.81. The number of alkyl halides is 1. The van der Waals surface area contributed by atoms with Gasteiger partial charge in [-0.05, 0) is 32.1 Å². The highest BCUT2D eigenvalue weighted by atomic mass is 35.5. The molecule has 1 heterocycles. The average molecular weight is 225 g/mol. The lowest BCUT2D eigenvalue weighted by Crippen LogP contribution is -1.97. The first-order valence-corrected chi connectivity index (χ1v) is 8.79. The molecule has 0 aliphatic carbocycles. The Morgan fingerprint density at radius 3 is 2.33 bits per heavy atom. The Kier molecular flexibility index (Phi) is 5.32. The number of halogens is 1. The van der Waals surface area contributed by atoms with Gasteiger partial charge in [-0.2, -0.15) is 0 Å². The van der Waals surface area contributed by atoms with E-state index in [1.165, 1.54) is 50.6 Å². The summed E-state index contributed by atoms with van der Waals surface area (Å²) in [5.41, 5.74) is 0. The third kappa shape index (κ3) is 3.85. The minimum absolute atomic E-state index is 0.820. The molecular weight excluding hydrogens is 207 g/mol. The van der Waals surface area contributed by atoms with Crippen molar-refractivity contribution in [2.75, 3.05) is 24.4 Å². The first kappa shape index (κ1) is 11.1. The number of unbranched alkanes of at least 4 members (excludes halogenated alkanes) is 2. The van der Waals surface area contributed by atoms with Crippen LogP contribution >= 0.6 is 18.1 Å². The molecule has 1 rings (SSSR count). The summed E-state index contributed by atoms with van der Waals surface area (Å²) in [5, 5.41) is 0. The Morgan fingerprint density at radius 2 is 1.75 bits per heavy atom. The molecule has 12 heavy (non-hydrogen) atoms. The molecule has 72 valence electrons. The quantitative estimate of drug-likeness (QED) is 0.297. The van der Waals surface area contributed by atoms with Gasteiger partial charge in [0.2, 0.25) is 0 Å². The molecule has 0 saturated carbocycles. The van der Waals surface area contributed by atoms with Crippen LogP contribution in [0, 0.1) is 0 Å². The molecule has 0 N–H and O–H groups in total. The summed E-state index contributed by atoms with van der Waals surface area (Å²) >= 11 is 11.3. The molecule has 1 aliphatic rings. The van der Waals surface area contributed by atoms with Gasteiger partial charge >= 0.3 is 0 Å². The van der Waals surface area contributed by atoms with Gasteiger partial charge in [-0.3, -0.25) is 0 Å². The van der Waals surface area contributed by atoms with Crippen LogP contribution in [0.5, 0.6) is 0 Å². The van der Waals surface area contributed by atoms with Crippen LogP contribution in [-0.2, 0) is 12.2 Å². The average Bonchev–Trinajstić information content (AvgIpc) is 2.47. The fraction of sp³-hybridized carbons (Fsp3) is 1.00. The smallest absolute Gasteiger partial charge is 0.0400 e. The minimum atomic E-state index is -0.820. The Hall–Kier alpha value is 1.07. The van der Waals surface area contributed by atoms with Crippen molar-refractivity contribution in [3.05, 3.63) is 0 Å². The molecule has 0 bridgehead atoms. The lowest BCUT2D eigenvalue weighted by Gasteiger charge is -2.27. The molecule has 0 unspecified atom stereocenters. The standard InChI is InChI=1S/C9H18ClPS/c10-6-2-1-3-7-11(12)8-4-5-9-11/h1-9H2. The third-order valence-corrected chi connectivity index (χ3v) is 7.88. The van der Waals surface area contributed by atoms with E-state index in [2.05, 4.69) is 0 Å². The Labute approximate surface area is 86.9 Å². The maximum Gasteiger partial charge on any atom is 0.0400 e. The summed E-state index contributed by atoms with van der Waals surface area (Å²) in [4.78, 5) is 0. The molecule has 0 aromatic carbocycles. The van der Waals surface area contributed by atoms with Crippen LogP contribution in [0.4, 0.5) is 0 Å². The third-order valence-electron chi connectivity index (χ3n) is 2.58. The summed E-state index contributed by atoms with van der Waals surface area (Å²) in [7, 11) is 0. The van der Waals surface area contributed by atoms with E-state index in [0.29, 0.717) is 0 Å². The number of hydrogen-bond donors (Lipinski definition) is 0. The summed E-state index contributed by atoms with van der Waals surface area (Å²) in [6, 6.07) is 0. The molecular formula is C9H18ClPS. The molecule has 0 amide bonds. The van der Waals surface area contributed by atoms with Crippen LogP contribution in [0.15, 0.2) is 0 Å². The van der Waals surface area contributed by atoms with Crippen LogP contribution < -0.4 is 0 Å². The van der Waals surface area contributed by atoms with Gasteiger partial charge in [0.15, 0.2) is 0 Å².